The highest BCUT2D eigenvalue weighted by Gasteiger charge is 2.33. The van der Waals surface area contributed by atoms with E-state index in [1.807, 2.05) is 53.4 Å². The molecule has 35 heavy (non-hydrogen) atoms. The van der Waals surface area contributed by atoms with Crippen molar-refractivity contribution in [2.45, 2.75) is 64.1 Å². The number of amides is 1. The number of rotatable bonds is 9. The van der Waals surface area contributed by atoms with E-state index in [0.29, 0.717) is 38.1 Å². The van der Waals surface area contributed by atoms with Crippen molar-refractivity contribution in [1.29, 1.82) is 0 Å². The molecule has 0 spiro atoms. The van der Waals surface area contributed by atoms with Crippen molar-refractivity contribution < 1.29 is 14.7 Å². The van der Waals surface area contributed by atoms with Gasteiger partial charge in [-0.3, -0.25) is 14.9 Å². The lowest BCUT2D eigenvalue weighted by Crippen LogP contribution is -2.51. The lowest BCUT2D eigenvalue weighted by atomic mass is 10.0. The van der Waals surface area contributed by atoms with Gasteiger partial charge in [-0.05, 0) is 59.9 Å². The second-order valence-electron chi connectivity index (χ2n) is 9.62. The number of fused-ring (bicyclic) bond motifs is 1. The highest BCUT2D eigenvalue weighted by atomic mass is 16.4. The first-order valence-electron chi connectivity index (χ1n) is 12.4. The Kier molecular flexibility index (Phi) is 7.98. The number of aryl methyl sites for hydroxylation is 2. The molecule has 1 heterocycles. The van der Waals surface area contributed by atoms with E-state index in [9.17, 15) is 14.7 Å². The van der Waals surface area contributed by atoms with Gasteiger partial charge in [-0.1, -0.05) is 86.6 Å². The van der Waals surface area contributed by atoms with Crippen LogP contribution in [0.5, 0.6) is 0 Å². The predicted molar refractivity (Wildman–Crippen MR) is 140 cm³/mol. The second kappa shape index (κ2) is 11.3. The maximum atomic E-state index is 13.8. The van der Waals surface area contributed by atoms with Crippen molar-refractivity contribution in [3.8, 4) is 0 Å². The number of hydrogen-bond donors (Lipinski definition) is 2. The molecule has 0 aliphatic carbocycles. The van der Waals surface area contributed by atoms with Crippen LogP contribution >= 0.6 is 0 Å². The zero-order chi connectivity index (χ0) is 24.8. The van der Waals surface area contributed by atoms with Gasteiger partial charge in [0, 0.05) is 5.69 Å². The van der Waals surface area contributed by atoms with Crippen LogP contribution in [0.3, 0.4) is 0 Å². The molecule has 0 fully saturated rings. The largest absolute Gasteiger partial charge is 0.480 e. The van der Waals surface area contributed by atoms with Gasteiger partial charge in [0.05, 0.1) is 12.6 Å². The number of carbonyl (C=O) groups is 2. The molecule has 0 radical (unpaired) electrons. The summed E-state index contributed by atoms with van der Waals surface area (Å²) in [5.74, 6) is -0.554. The van der Waals surface area contributed by atoms with Crippen molar-refractivity contribution in [3.63, 3.8) is 0 Å². The summed E-state index contributed by atoms with van der Waals surface area (Å²) >= 11 is 0. The van der Waals surface area contributed by atoms with Crippen LogP contribution in [-0.4, -0.2) is 29.1 Å². The predicted octanol–water partition coefficient (Wildman–Crippen LogP) is 5.33. The molecule has 3 aromatic rings. The number of benzene rings is 3. The first-order chi connectivity index (χ1) is 16.9. The van der Waals surface area contributed by atoms with Crippen molar-refractivity contribution in [2.75, 3.05) is 4.90 Å². The normalized spacial score (nSPS) is 16.6. The van der Waals surface area contributed by atoms with E-state index in [-0.39, 0.29) is 5.91 Å². The van der Waals surface area contributed by atoms with Gasteiger partial charge >= 0.3 is 5.97 Å². The van der Waals surface area contributed by atoms with Crippen LogP contribution in [-0.2, 0) is 29.0 Å². The molecule has 182 valence electrons. The van der Waals surface area contributed by atoms with E-state index >= 15 is 0 Å². The Labute approximate surface area is 207 Å². The molecular formula is C30H34N2O3. The molecule has 1 aliphatic rings. The number of para-hydroxylation sites is 1. The van der Waals surface area contributed by atoms with Gasteiger partial charge in [-0.25, -0.2) is 0 Å². The van der Waals surface area contributed by atoms with Crippen LogP contribution < -0.4 is 10.2 Å². The average Bonchev–Trinajstić information content (AvgIpc) is 2.99. The summed E-state index contributed by atoms with van der Waals surface area (Å²) < 4.78 is 0. The SMILES string of the molecule is CC(C)c1ccc(CN2C(=O)C(NC(CCc3ccccc3)C(=O)O)CCc3ccccc32)cc1. The number of nitrogens with one attached hydrogen (secondary N) is 1. The Bertz CT molecular complexity index is 1140. The summed E-state index contributed by atoms with van der Waals surface area (Å²) in [4.78, 5) is 27.7. The number of anilines is 1. The van der Waals surface area contributed by atoms with Gasteiger partial charge in [0.15, 0.2) is 0 Å². The highest BCUT2D eigenvalue weighted by molar-refractivity contribution is 5.98. The second-order valence-corrected chi connectivity index (χ2v) is 9.62. The zero-order valence-corrected chi connectivity index (χ0v) is 20.5. The Morgan fingerprint density at radius 2 is 1.66 bits per heavy atom. The molecule has 0 aromatic heterocycles. The lowest BCUT2D eigenvalue weighted by Gasteiger charge is -2.28. The van der Waals surface area contributed by atoms with Gasteiger partial charge in [-0.2, -0.15) is 0 Å². The van der Waals surface area contributed by atoms with Gasteiger partial charge in [-0.15, -0.1) is 0 Å². The highest BCUT2D eigenvalue weighted by Crippen LogP contribution is 2.29. The van der Waals surface area contributed by atoms with E-state index in [0.717, 1.165) is 22.4 Å². The third kappa shape index (κ3) is 6.17. The van der Waals surface area contributed by atoms with Crippen LogP contribution in [0.1, 0.15) is 54.9 Å². The van der Waals surface area contributed by atoms with E-state index in [1.165, 1.54) is 5.56 Å². The van der Waals surface area contributed by atoms with E-state index in [1.54, 1.807) is 0 Å². The van der Waals surface area contributed by atoms with Crippen molar-refractivity contribution >= 4 is 17.6 Å². The van der Waals surface area contributed by atoms with E-state index < -0.39 is 18.1 Å². The van der Waals surface area contributed by atoms with Crippen molar-refractivity contribution in [2.24, 2.45) is 0 Å². The molecule has 5 heteroatoms. The number of hydrogen-bond acceptors (Lipinski definition) is 3. The molecular weight excluding hydrogens is 436 g/mol. The molecule has 0 saturated carbocycles. The molecule has 4 rings (SSSR count). The number of carbonyl (C=O) groups excluding carboxylic acids is 1. The van der Waals surface area contributed by atoms with Gasteiger partial charge in [0.25, 0.3) is 0 Å². The summed E-state index contributed by atoms with van der Waals surface area (Å²) in [5, 5.41) is 13.1. The van der Waals surface area contributed by atoms with E-state index in [4.69, 9.17) is 0 Å². The molecule has 0 bridgehead atoms. The fourth-order valence-corrected chi connectivity index (χ4v) is 4.70. The summed E-state index contributed by atoms with van der Waals surface area (Å²) in [6, 6.07) is 24.9. The number of carboxylic acids is 1. The zero-order valence-electron chi connectivity index (χ0n) is 20.5. The van der Waals surface area contributed by atoms with Crippen molar-refractivity contribution in [3.05, 3.63) is 101 Å². The van der Waals surface area contributed by atoms with Crippen LogP contribution in [0.4, 0.5) is 5.69 Å². The van der Waals surface area contributed by atoms with Gasteiger partial charge in [0.2, 0.25) is 5.91 Å². The monoisotopic (exact) mass is 470 g/mol. The smallest absolute Gasteiger partial charge is 0.320 e. The summed E-state index contributed by atoms with van der Waals surface area (Å²) in [7, 11) is 0. The molecule has 1 amide bonds. The molecule has 1 aliphatic heterocycles. The minimum atomic E-state index is -0.925. The minimum Gasteiger partial charge on any atom is -0.480 e. The molecule has 2 N–H and O–H groups in total. The topological polar surface area (TPSA) is 69.6 Å². The van der Waals surface area contributed by atoms with Crippen LogP contribution in [0, 0.1) is 0 Å². The quantitative estimate of drug-likeness (QED) is 0.443. The molecule has 2 atom stereocenters. The summed E-state index contributed by atoms with van der Waals surface area (Å²) in [6.45, 7) is 4.78. The standard InChI is InChI=1S/C30H34N2O3/c1-21(2)24-15-12-23(13-16-24)20-32-28-11-7-6-10-25(28)17-19-26(29(32)33)31-27(30(34)35)18-14-22-8-4-3-5-9-22/h3-13,15-16,21,26-27,31H,14,17-20H2,1-2H3,(H,34,35). The van der Waals surface area contributed by atoms with Crippen molar-refractivity contribution in [1.82, 2.24) is 5.32 Å². The minimum absolute atomic E-state index is 0.0751. The Hall–Kier alpha value is -3.44. The Morgan fingerprint density at radius 3 is 2.34 bits per heavy atom. The van der Waals surface area contributed by atoms with Gasteiger partial charge in [0.1, 0.15) is 6.04 Å². The van der Waals surface area contributed by atoms with Gasteiger partial charge < -0.3 is 10.0 Å². The number of nitrogens with zero attached hydrogens (tertiary/aromatic N) is 1. The lowest BCUT2D eigenvalue weighted by molar-refractivity contribution is -0.140. The van der Waals surface area contributed by atoms with Crippen LogP contribution in [0.15, 0.2) is 78.9 Å². The first-order valence-corrected chi connectivity index (χ1v) is 12.4. The third-order valence-electron chi connectivity index (χ3n) is 6.80. The maximum Gasteiger partial charge on any atom is 0.320 e. The molecule has 2 unspecified atom stereocenters. The summed E-state index contributed by atoms with van der Waals surface area (Å²) in [6.07, 6.45) is 2.34. The maximum absolute atomic E-state index is 13.8. The molecule has 3 aromatic carbocycles. The third-order valence-corrected chi connectivity index (χ3v) is 6.80. The molecule has 5 nitrogen and oxygen atoms in total. The summed E-state index contributed by atoms with van der Waals surface area (Å²) in [5.41, 5.74) is 5.42. The molecule has 0 saturated heterocycles. The number of aliphatic carboxylic acids is 1. The fourth-order valence-electron chi connectivity index (χ4n) is 4.70. The van der Waals surface area contributed by atoms with Crippen LogP contribution in [0.2, 0.25) is 0 Å². The van der Waals surface area contributed by atoms with E-state index in [2.05, 4.69) is 49.5 Å². The van der Waals surface area contributed by atoms with Crippen LogP contribution in [0.25, 0.3) is 0 Å². The first kappa shape index (κ1) is 24.7. The Morgan fingerprint density at radius 1 is 0.971 bits per heavy atom. The Balaban J connectivity index is 1.54. The fraction of sp³-hybridized carbons (Fsp3) is 0.333. The number of carboxylic acid groups (broad SMARTS) is 1. The average molecular weight is 471 g/mol.